The quantitative estimate of drug-likeness (QED) is 0.748. The number of benzene rings is 1. The molecule has 0 unspecified atom stereocenters. The number of rotatable bonds is 1. The molecule has 3 heteroatoms. The summed E-state index contributed by atoms with van der Waals surface area (Å²) >= 11 is 0.334. The first-order valence-electron chi connectivity index (χ1n) is 3.48. The van der Waals surface area contributed by atoms with Crippen molar-refractivity contribution in [1.82, 2.24) is 0 Å². The standard InChI is InChI=1S/C9H6O2Se/c10-9(11)7-2-1-6-3-4-12-8(6)5-7/h1-5H,(H,10,11). The first kappa shape index (κ1) is 7.59. The van der Waals surface area contributed by atoms with Crippen LogP contribution in [0.1, 0.15) is 10.4 Å². The van der Waals surface area contributed by atoms with Gasteiger partial charge < -0.3 is 0 Å². The third-order valence-corrected chi connectivity index (χ3v) is 3.55. The molecule has 0 saturated carbocycles. The number of carboxylic acids is 1. The molecule has 1 aromatic heterocycles. The van der Waals surface area contributed by atoms with E-state index >= 15 is 0 Å². The Labute approximate surface area is 75.2 Å². The van der Waals surface area contributed by atoms with E-state index in [4.69, 9.17) is 5.11 Å². The molecule has 0 bridgehead atoms. The van der Waals surface area contributed by atoms with Crippen LogP contribution < -0.4 is 0 Å². The summed E-state index contributed by atoms with van der Waals surface area (Å²) < 4.78 is 1.17. The normalized spacial score (nSPS) is 10.3. The van der Waals surface area contributed by atoms with Crippen LogP contribution in [0.2, 0.25) is 0 Å². The molecule has 1 aromatic carbocycles. The molecule has 1 N–H and O–H groups in total. The fourth-order valence-corrected chi connectivity index (χ4v) is 2.83. The Morgan fingerprint density at radius 2 is 2.17 bits per heavy atom. The van der Waals surface area contributed by atoms with Gasteiger partial charge in [-0.3, -0.25) is 0 Å². The van der Waals surface area contributed by atoms with E-state index in [0.29, 0.717) is 20.1 Å². The Balaban J connectivity index is 2.68. The molecule has 0 aliphatic rings. The number of carboxylic acid groups (broad SMARTS) is 1. The molecular formula is C9H6O2Se. The topological polar surface area (TPSA) is 37.3 Å². The zero-order valence-electron chi connectivity index (χ0n) is 6.15. The number of carbonyl (C=O) groups is 1. The van der Waals surface area contributed by atoms with Crippen molar-refractivity contribution in [3.63, 3.8) is 0 Å². The number of hydrogen-bond donors (Lipinski definition) is 1. The van der Waals surface area contributed by atoms with Crippen molar-refractivity contribution >= 4 is 30.1 Å². The predicted molar refractivity (Wildman–Crippen MR) is 47.8 cm³/mol. The van der Waals surface area contributed by atoms with Gasteiger partial charge in [0.1, 0.15) is 0 Å². The van der Waals surface area contributed by atoms with E-state index in [-0.39, 0.29) is 0 Å². The van der Waals surface area contributed by atoms with E-state index in [1.165, 1.54) is 9.65 Å². The molecule has 2 nitrogen and oxygen atoms in total. The second kappa shape index (κ2) is 2.77. The molecule has 12 heavy (non-hydrogen) atoms. The second-order valence-electron chi connectivity index (χ2n) is 2.48. The molecule has 2 aromatic rings. The Hall–Kier alpha value is -1.05. The van der Waals surface area contributed by atoms with Gasteiger partial charge in [0.15, 0.2) is 0 Å². The third kappa shape index (κ3) is 1.17. The molecule has 0 aliphatic heterocycles. The van der Waals surface area contributed by atoms with E-state index < -0.39 is 5.97 Å². The van der Waals surface area contributed by atoms with E-state index in [1.54, 1.807) is 12.1 Å². The SMILES string of the molecule is O=C(O)c1ccc2cc[se]c2c1. The van der Waals surface area contributed by atoms with Crippen LogP contribution >= 0.6 is 0 Å². The Kier molecular flexibility index (Phi) is 1.75. The molecule has 2 rings (SSSR count). The number of hydrogen-bond acceptors (Lipinski definition) is 1. The molecular weight excluding hydrogens is 219 g/mol. The Bertz CT molecular complexity index is 431. The number of aromatic carboxylic acids is 1. The van der Waals surface area contributed by atoms with Crippen LogP contribution in [0.5, 0.6) is 0 Å². The Morgan fingerprint density at radius 1 is 1.33 bits per heavy atom. The van der Waals surface area contributed by atoms with Crippen LogP contribution in [0.3, 0.4) is 0 Å². The molecule has 0 radical (unpaired) electrons. The van der Waals surface area contributed by atoms with Crippen molar-refractivity contribution in [2.75, 3.05) is 0 Å². The predicted octanol–water partition coefficient (Wildman–Crippen LogP) is 1.59. The molecule has 0 fully saturated rings. The fourth-order valence-electron chi connectivity index (χ4n) is 1.09. The molecule has 60 valence electrons. The molecule has 0 aliphatic carbocycles. The van der Waals surface area contributed by atoms with Gasteiger partial charge in [-0.2, -0.15) is 0 Å². The van der Waals surface area contributed by atoms with Crippen molar-refractivity contribution in [1.29, 1.82) is 0 Å². The van der Waals surface area contributed by atoms with Crippen LogP contribution in [-0.4, -0.2) is 25.6 Å². The molecule has 0 atom stereocenters. The molecule has 0 amide bonds. The average molecular weight is 225 g/mol. The van der Waals surface area contributed by atoms with Gasteiger partial charge in [0.2, 0.25) is 0 Å². The van der Waals surface area contributed by atoms with Crippen molar-refractivity contribution in [2.45, 2.75) is 0 Å². The van der Waals surface area contributed by atoms with Crippen molar-refractivity contribution in [3.8, 4) is 0 Å². The van der Waals surface area contributed by atoms with E-state index in [2.05, 4.69) is 4.94 Å². The van der Waals surface area contributed by atoms with Gasteiger partial charge in [-0.15, -0.1) is 0 Å². The van der Waals surface area contributed by atoms with Gasteiger partial charge in [0.05, 0.1) is 0 Å². The van der Waals surface area contributed by atoms with Crippen LogP contribution in [0.4, 0.5) is 0 Å². The van der Waals surface area contributed by atoms with Crippen LogP contribution in [-0.2, 0) is 0 Å². The van der Waals surface area contributed by atoms with Crippen molar-refractivity contribution < 1.29 is 9.90 Å². The summed E-state index contributed by atoms with van der Waals surface area (Å²) in [6.45, 7) is 0. The maximum absolute atomic E-state index is 10.6. The number of fused-ring (bicyclic) bond motifs is 1. The fraction of sp³-hybridized carbons (Fsp3) is 0. The first-order valence-corrected chi connectivity index (χ1v) is 5.32. The van der Waals surface area contributed by atoms with Crippen molar-refractivity contribution in [2.24, 2.45) is 0 Å². The summed E-state index contributed by atoms with van der Waals surface area (Å²) in [7, 11) is 0. The monoisotopic (exact) mass is 226 g/mol. The van der Waals surface area contributed by atoms with Gasteiger partial charge in [-0.25, -0.2) is 0 Å². The van der Waals surface area contributed by atoms with Crippen LogP contribution in [0.15, 0.2) is 29.2 Å². The minimum absolute atomic E-state index is 0.334. The second-order valence-corrected chi connectivity index (χ2v) is 4.47. The average Bonchev–Trinajstić information content (AvgIpc) is 2.49. The summed E-state index contributed by atoms with van der Waals surface area (Å²) in [5.41, 5.74) is 0.388. The zero-order chi connectivity index (χ0) is 8.55. The molecule has 0 spiro atoms. The van der Waals surface area contributed by atoms with E-state index in [9.17, 15) is 4.79 Å². The van der Waals surface area contributed by atoms with Gasteiger partial charge >= 0.3 is 74.8 Å². The van der Waals surface area contributed by atoms with Gasteiger partial charge in [0.25, 0.3) is 0 Å². The maximum atomic E-state index is 10.6. The molecule has 0 saturated heterocycles. The summed E-state index contributed by atoms with van der Waals surface area (Å²) in [6.07, 6.45) is 0. The van der Waals surface area contributed by atoms with E-state index in [0.717, 1.165) is 0 Å². The zero-order valence-corrected chi connectivity index (χ0v) is 7.86. The van der Waals surface area contributed by atoms with Gasteiger partial charge in [-0.05, 0) is 0 Å². The van der Waals surface area contributed by atoms with Crippen molar-refractivity contribution in [3.05, 3.63) is 34.8 Å². The van der Waals surface area contributed by atoms with Crippen LogP contribution in [0, 0.1) is 0 Å². The van der Waals surface area contributed by atoms with Crippen LogP contribution in [0.25, 0.3) is 9.65 Å². The molecule has 1 heterocycles. The third-order valence-electron chi connectivity index (χ3n) is 1.70. The minimum atomic E-state index is -0.847. The Morgan fingerprint density at radius 3 is 2.92 bits per heavy atom. The first-order chi connectivity index (χ1) is 5.77. The van der Waals surface area contributed by atoms with Gasteiger partial charge in [-0.1, -0.05) is 0 Å². The van der Waals surface area contributed by atoms with E-state index in [1.807, 2.05) is 12.1 Å². The van der Waals surface area contributed by atoms with Gasteiger partial charge in [0, 0.05) is 0 Å². The summed E-state index contributed by atoms with van der Waals surface area (Å²) in [5, 5.41) is 9.87. The summed E-state index contributed by atoms with van der Waals surface area (Å²) in [5.74, 6) is -0.847. The summed E-state index contributed by atoms with van der Waals surface area (Å²) in [6, 6.07) is 7.32. The summed E-state index contributed by atoms with van der Waals surface area (Å²) in [4.78, 5) is 12.7.